The number of nitrogens with two attached hydrogens (primary N) is 1. The van der Waals surface area contributed by atoms with Gasteiger partial charge in [0.25, 0.3) is 0 Å². The van der Waals surface area contributed by atoms with Crippen LogP contribution in [0, 0.1) is 0 Å². The van der Waals surface area contributed by atoms with Crippen LogP contribution in [0.2, 0.25) is 5.02 Å². The van der Waals surface area contributed by atoms with E-state index in [1.165, 1.54) is 0 Å². The second kappa shape index (κ2) is 6.03. The average molecular weight is 376 g/mol. The number of hydrogen-bond donors (Lipinski definition) is 2. The van der Waals surface area contributed by atoms with Crippen LogP contribution in [-0.2, 0) is 15.8 Å². The number of nitrogen functional groups attached to an aromatic ring is 1. The van der Waals surface area contributed by atoms with Crippen LogP contribution in [-0.4, -0.2) is 8.42 Å². The predicted molar refractivity (Wildman–Crippen MR) is 86.3 cm³/mol. The summed E-state index contributed by atoms with van der Waals surface area (Å²) in [6, 6.07) is 11.6. The second-order valence-electron chi connectivity index (χ2n) is 4.24. The van der Waals surface area contributed by atoms with Crippen molar-refractivity contribution in [1.29, 1.82) is 0 Å². The van der Waals surface area contributed by atoms with E-state index in [1.807, 2.05) is 0 Å². The lowest BCUT2D eigenvalue weighted by atomic mass is 10.2. The van der Waals surface area contributed by atoms with E-state index in [1.54, 1.807) is 42.5 Å². The summed E-state index contributed by atoms with van der Waals surface area (Å²) in [6.07, 6.45) is 0. The summed E-state index contributed by atoms with van der Waals surface area (Å²) >= 11 is 9.11. The van der Waals surface area contributed by atoms with Crippen molar-refractivity contribution in [2.45, 2.75) is 5.75 Å². The molecular weight excluding hydrogens is 364 g/mol. The van der Waals surface area contributed by atoms with Crippen LogP contribution in [0.1, 0.15) is 5.56 Å². The third kappa shape index (κ3) is 4.13. The highest BCUT2D eigenvalue weighted by molar-refractivity contribution is 9.10. The van der Waals surface area contributed by atoms with Gasteiger partial charge in [-0.2, -0.15) is 0 Å². The lowest BCUT2D eigenvalue weighted by molar-refractivity contribution is 0.600. The van der Waals surface area contributed by atoms with Gasteiger partial charge in [0.1, 0.15) is 0 Å². The first-order valence-corrected chi connectivity index (χ1v) is 8.48. The molecule has 0 saturated carbocycles. The van der Waals surface area contributed by atoms with Gasteiger partial charge in [-0.15, -0.1) is 0 Å². The molecule has 0 heterocycles. The number of nitrogens with one attached hydrogen (secondary N) is 1. The Morgan fingerprint density at radius 2 is 1.95 bits per heavy atom. The van der Waals surface area contributed by atoms with Crippen molar-refractivity contribution in [3.63, 3.8) is 0 Å². The van der Waals surface area contributed by atoms with E-state index in [-0.39, 0.29) is 5.75 Å². The molecule has 2 aromatic carbocycles. The molecule has 0 radical (unpaired) electrons. The number of rotatable bonds is 4. The summed E-state index contributed by atoms with van der Waals surface area (Å²) in [5, 5.41) is 0.517. The maximum absolute atomic E-state index is 12.1. The first-order valence-electron chi connectivity index (χ1n) is 5.66. The molecule has 0 fully saturated rings. The highest BCUT2D eigenvalue weighted by Gasteiger charge is 2.12. The van der Waals surface area contributed by atoms with Gasteiger partial charge in [0.2, 0.25) is 10.0 Å². The van der Waals surface area contributed by atoms with Crippen molar-refractivity contribution >= 4 is 48.9 Å². The molecule has 0 aliphatic carbocycles. The summed E-state index contributed by atoms with van der Waals surface area (Å²) in [5.74, 6) is -0.141. The van der Waals surface area contributed by atoms with Gasteiger partial charge in [0, 0.05) is 15.8 Å². The minimum Gasteiger partial charge on any atom is -0.399 e. The number of sulfonamides is 1. The molecular formula is C13H12BrClN2O2S. The molecule has 0 spiro atoms. The standard InChI is InChI=1S/C13H12BrClN2O2S/c14-12-7-11(4-5-13(12)15)17-20(18,19)8-9-2-1-3-10(16)6-9/h1-7,17H,8,16H2. The largest absolute Gasteiger partial charge is 0.399 e. The summed E-state index contributed by atoms with van der Waals surface area (Å²) in [4.78, 5) is 0. The lowest BCUT2D eigenvalue weighted by Gasteiger charge is -2.09. The Bertz CT molecular complexity index is 735. The van der Waals surface area contributed by atoms with Crippen molar-refractivity contribution in [1.82, 2.24) is 0 Å². The summed E-state index contributed by atoms with van der Waals surface area (Å²) in [6.45, 7) is 0. The second-order valence-corrected chi connectivity index (χ2v) is 7.22. The van der Waals surface area contributed by atoms with Gasteiger partial charge >= 0.3 is 0 Å². The first-order chi connectivity index (χ1) is 9.35. The Kier molecular flexibility index (Phi) is 4.57. The van der Waals surface area contributed by atoms with Gasteiger partial charge in [-0.1, -0.05) is 23.7 Å². The molecule has 3 N–H and O–H groups in total. The zero-order chi connectivity index (χ0) is 14.8. The van der Waals surface area contributed by atoms with Gasteiger partial charge in [0.05, 0.1) is 10.8 Å². The van der Waals surface area contributed by atoms with E-state index >= 15 is 0 Å². The van der Waals surface area contributed by atoms with Crippen molar-refractivity contribution < 1.29 is 8.42 Å². The summed E-state index contributed by atoms with van der Waals surface area (Å²) < 4.78 is 27.3. The Morgan fingerprint density at radius 1 is 1.20 bits per heavy atom. The lowest BCUT2D eigenvalue weighted by Crippen LogP contribution is -2.15. The normalized spacial score (nSPS) is 11.3. The predicted octanol–water partition coefficient (Wildman–Crippen LogP) is 3.63. The molecule has 20 heavy (non-hydrogen) atoms. The fourth-order valence-electron chi connectivity index (χ4n) is 1.68. The molecule has 7 heteroatoms. The van der Waals surface area contributed by atoms with Gasteiger partial charge < -0.3 is 5.73 Å². The Balaban J connectivity index is 2.17. The Morgan fingerprint density at radius 3 is 2.60 bits per heavy atom. The van der Waals surface area contributed by atoms with Crippen LogP contribution in [0.3, 0.4) is 0 Å². The van der Waals surface area contributed by atoms with E-state index in [0.717, 1.165) is 0 Å². The quantitative estimate of drug-likeness (QED) is 0.802. The van der Waals surface area contributed by atoms with Crippen molar-refractivity contribution in [2.75, 3.05) is 10.5 Å². The van der Waals surface area contributed by atoms with E-state index in [4.69, 9.17) is 17.3 Å². The summed E-state index contributed by atoms with van der Waals surface area (Å²) in [7, 11) is -3.50. The van der Waals surface area contributed by atoms with Crippen molar-refractivity contribution in [2.24, 2.45) is 0 Å². The van der Waals surface area contributed by atoms with Gasteiger partial charge in [-0.3, -0.25) is 4.72 Å². The Labute approximate surface area is 131 Å². The van der Waals surface area contributed by atoms with E-state index in [0.29, 0.717) is 26.4 Å². The van der Waals surface area contributed by atoms with E-state index in [2.05, 4.69) is 20.7 Å². The highest BCUT2D eigenvalue weighted by Crippen LogP contribution is 2.26. The third-order valence-electron chi connectivity index (χ3n) is 2.50. The van der Waals surface area contributed by atoms with Crippen LogP contribution < -0.4 is 10.5 Å². The monoisotopic (exact) mass is 374 g/mol. The minimum absolute atomic E-state index is 0.141. The third-order valence-corrected chi connectivity index (χ3v) is 4.97. The first kappa shape index (κ1) is 15.2. The smallest absolute Gasteiger partial charge is 0.236 e. The van der Waals surface area contributed by atoms with Gasteiger partial charge in [-0.05, 0) is 51.8 Å². The molecule has 2 aromatic rings. The molecule has 0 amide bonds. The van der Waals surface area contributed by atoms with E-state index < -0.39 is 10.0 Å². The van der Waals surface area contributed by atoms with E-state index in [9.17, 15) is 8.42 Å². The van der Waals surface area contributed by atoms with Crippen molar-refractivity contribution in [3.8, 4) is 0 Å². The maximum atomic E-state index is 12.1. The van der Waals surface area contributed by atoms with Crippen molar-refractivity contribution in [3.05, 3.63) is 57.5 Å². The molecule has 4 nitrogen and oxygen atoms in total. The molecule has 0 saturated heterocycles. The molecule has 2 rings (SSSR count). The van der Waals surface area contributed by atoms with Gasteiger partial charge in [-0.25, -0.2) is 8.42 Å². The van der Waals surface area contributed by atoms with Crippen LogP contribution >= 0.6 is 27.5 Å². The zero-order valence-electron chi connectivity index (χ0n) is 10.3. The SMILES string of the molecule is Nc1cccc(CS(=O)(=O)Nc2ccc(Cl)c(Br)c2)c1. The zero-order valence-corrected chi connectivity index (χ0v) is 13.5. The maximum Gasteiger partial charge on any atom is 0.236 e. The number of halogens is 2. The number of anilines is 2. The fourth-order valence-corrected chi connectivity index (χ4v) is 3.35. The van der Waals surface area contributed by atoms with Crippen LogP contribution in [0.5, 0.6) is 0 Å². The average Bonchev–Trinajstić information content (AvgIpc) is 2.33. The molecule has 0 unspecified atom stereocenters. The Hall–Kier alpha value is -1.24. The summed E-state index contributed by atoms with van der Waals surface area (Å²) in [5.41, 5.74) is 7.24. The minimum atomic E-state index is -3.50. The van der Waals surface area contributed by atoms with Gasteiger partial charge in [0.15, 0.2) is 0 Å². The molecule has 106 valence electrons. The fraction of sp³-hybridized carbons (Fsp3) is 0.0769. The molecule has 0 aromatic heterocycles. The van der Waals surface area contributed by atoms with Crippen LogP contribution in [0.4, 0.5) is 11.4 Å². The molecule has 0 aliphatic heterocycles. The van der Waals surface area contributed by atoms with Crippen LogP contribution in [0.25, 0.3) is 0 Å². The number of benzene rings is 2. The molecule has 0 atom stereocenters. The topological polar surface area (TPSA) is 72.2 Å². The molecule has 0 bridgehead atoms. The molecule has 0 aliphatic rings. The van der Waals surface area contributed by atoms with Crippen LogP contribution in [0.15, 0.2) is 46.9 Å². The highest BCUT2D eigenvalue weighted by atomic mass is 79.9. The number of hydrogen-bond acceptors (Lipinski definition) is 3.